The Morgan fingerprint density at radius 1 is 1.28 bits per heavy atom. The number of carboxylic acids is 1. The average molecular weight is 406 g/mol. The van der Waals surface area contributed by atoms with E-state index in [1.807, 2.05) is 11.9 Å². The maximum atomic E-state index is 12.3. The summed E-state index contributed by atoms with van der Waals surface area (Å²) in [6.45, 7) is 2.79. The molecule has 2 rings (SSSR count). The molecule has 0 radical (unpaired) electrons. The Balaban J connectivity index is 2.22. The van der Waals surface area contributed by atoms with Crippen LogP contribution in [0.4, 0.5) is 11.5 Å². The molecule has 7 heteroatoms. The first-order valence-electron chi connectivity index (χ1n) is 7.93. The van der Waals surface area contributed by atoms with E-state index in [2.05, 4.69) is 33.2 Å². The number of amides is 1. The van der Waals surface area contributed by atoms with Crippen LogP contribution < -0.4 is 10.2 Å². The molecule has 0 aliphatic carbocycles. The minimum atomic E-state index is -1.08. The molecule has 132 valence electrons. The third kappa shape index (κ3) is 5.03. The Bertz CT molecular complexity index is 763. The fraction of sp³-hybridized carbons (Fsp3) is 0.278. The Labute approximate surface area is 155 Å². The number of anilines is 2. The third-order valence-corrected chi connectivity index (χ3v) is 4.20. The van der Waals surface area contributed by atoms with Gasteiger partial charge in [0.05, 0.1) is 11.9 Å². The number of benzene rings is 1. The van der Waals surface area contributed by atoms with Crippen molar-refractivity contribution < 1.29 is 14.7 Å². The molecule has 0 aliphatic rings. The minimum Gasteiger partial charge on any atom is -0.478 e. The molecule has 6 nitrogen and oxygen atoms in total. The van der Waals surface area contributed by atoms with Crippen molar-refractivity contribution in [1.29, 1.82) is 0 Å². The van der Waals surface area contributed by atoms with E-state index in [0.29, 0.717) is 23.6 Å². The van der Waals surface area contributed by atoms with Crippen LogP contribution in [0, 0.1) is 0 Å². The molecule has 1 heterocycles. The normalized spacial score (nSPS) is 10.4. The molecule has 25 heavy (non-hydrogen) atoms. The Kier molecular flexibility index (Phi) is 6.52. The Morgan fingerprint density at radius 3 is 2.56 bits per heavy atom. The molecule has 0 saturated carbocycles. The zero-order valence-electron chi connectivity index (χ0n) is 14.1. The van der Waals surface area contributed by atoms with Crippen LogP contribution in [0.25, 0.3) is 0 Å². The molecule has 1 aromatic heterocycles. The number of unbranched alkanes of at least 4 members (excludes halogenated alkanes) is 1. The van der Waals surface area contributed by atoms with Crippen LogP contribution in [0.1, 0.15) is 40.5 Å². The smallest absolute Gasteiger partial charge is 0.339 e. The van der Waals surface area contributed by atoms with Gasteiger partial charge in [-0.15, -0.1) is 0 Å². The maximum Gasteiger partial charge on any atom is 0.339 e. The van der Waals surface area contributed by atoms with Gasteiger partial charge in [-0.25, -0.2) is 9.78 Å². The maximum absolute atomic E-state index is 12.3. The summed E-state index contributed by atoms with van der Waals surface area (Å²) in [5.41, 5.74) is 0.884. The first kappa shape index (κ1) is 18.9. The molecule has 1 amide bonds. The minimum absolute atomic E-state index is 0.0622. The number of hydrogen-bond acceptors (Lipinski definition) is 4. The van der Waals surface area contributed by atoms with Crippen molar-refractivity contribution in [2.24, 2.45) is 0 Å². The SMILES string of the molecule is CCCCN(C)c1ncc(NC(=O)c2ccc(Br)cc2)cc1C(=O)O. The van der Waals surface area contributed by atoms with Gasteiger partial charge in [0.1, 0.15) is 11.4 Å². The van der Waals surface area contributed by atoms with E-state index in [-0.39, 0.29) is 11.5 Å². The quantitative estimate of drug-likeness (QED) is 0.726. The molecule has 0 spiro atoms. The highest BCUT2D eigenvalue weighted by Crippen LogP contribution is 2.21. The Hall–Kier alpha value is -2.41. The fourth-order valence-corrected chi connectivity index (χ4v) is 2.56. The summed E-state index contributed by atoms with van der Waals surface area (Å²) in [4.78, 5) is 29.9. The molecular formula is C18H20BrN3O3. The van der Waals surface area contributed by atoms with Crippen molar-refractivity contribution in [2.75, 3.05) is 23.8 Å². The van der Waals surface area contributed by atoms with Crippen molar-refractivity contribution in [3.05, 3.63) is 52.1 Å². The van der Waals surface area contributed by atoms with Gasteiger partial charge in [0.2, 0.25) is 0 Å². The van der Waals surface area contributed by atoms with E-state index in [1.165, 1.54) is 12.3 Å². The van der Waals surface area contributed by atoms with Crippen molar-refractivity contribution in [2.45, 2.75) is 19.8 Å². The van der Waals surface area contributed by atoms with Crippen molar-refractivity contribution in [1.82, 2.24) is 4.98 Å². The first-order chi connectivity index (χ1) is 11.9. The number of nitrogens with one attached hydrogen (secondary N) is 1. The summed E-state index contributed by atoms with van der Waals surface area (Å²) in [6.07, 6.45) is 3.42. The molecule has 0 fully saturated rings. The van der Waals surface area contributed by atoms with Crippen LogP contribution >= 0.6 is 15.9 Å². The van der Waals surface area contributed by atoms with E-state index in [0.717, 1.165) is 17.3 Å². The molecule has 0 aliphatic heterocycles. The number of pyridine rings is 1. The number of aromatic nitrogens is 1. The Morgan fingerprint density at radius 2 is 1.96 bits per heavy atom. The van der Waals surface area contributed by atoms with E-state index >= 15 is 0 Å². The van der Waals surface area contributed by atoms with E-state index < -0.39 is 5.97 Å². The van der Waals surface area contributed by atoms with Crippen LogP contribution in [-0.4, -0.2) is 35.6 Å². The summed E-state index contributed by atoms with van der Waals surface area (Å²) in [7, 11) is 1.81. The number of hydrogen-bond donors (Lipinski definition) is 2. The standard InChI is InChI=1S/C18H20BrN3O3/c1-3-4-9-22(2)16-15(18(24)25)10-14(11-20-16)21-17(23)12-5-7-13(19)8-6-12/h5-8,10-11H,3-4,9H2,1-2H3,(H,21,23)(H,24,25). The van der Waals surface area contributed by atoms with Gasteiger partial charge >= 0.3 is 5.97 Å². The van der Waals surface area contributed by atoms with Crippen LogP contribution in [0.5, 0.6) is 0 Å². The predicted molar refractivity (Wildman–Crippen MR) is 101 cm³/mol. The molecule has 2 aromatic rings. The summed E-state index contributed by atoms with van der Waals surface area (Å²) < 4.78 is 0.873. The summed E-state index contributed by atoms with van der Waals surface area (Å²) >= 11 is 3.31. The lowest BCUT2D eigenvalue weighted by molar-refractivity contribution is 0.0697. The van der Waals surface area contributed by atoms with E-state index in [9.17, 15) is 14.7 Å². The lowest BCUT2D eigenvalue weighted by Crippen LogP contribution is -2.23. The molecule has 0 bridgehead atoms. The third-order valence-electron chi connectivity index (χ3n) is 3.67. The van der Waals surface area contributed by atoms with Gasteiger partial charge in [-0.3, -0.25) is 4.79 Å². The van der Waals surface area contributed by atoms with E-state index in [4.69, 9.17) is 0 Å². The lowest BCUT2D eigenvalue weighted by atomic mass is 10.2. The van der Waals surface area contributed by atoms with Crippen molar-refractivity contribution in [3.63, 3.8) is 0 Å². The summed E-state index contributed by atoms with van der Waals surface area (Å²) in [5.74, 6) is -1.01. The van der Waals surface area contributed by atoms with Crippen LogP contribution in [-0.2, 0) is 0 Å². The van der Waals surface area contributed by atoms with Gasteiger partial charge in [0, 0.05) is 23.6 Å². The molecule has 2 N–H and O–H groups in total. The number of halogens is 1. The second-order valence-corrected chi connectivity index (χ2v) is 6.55. The van der Waals surface area contributed by atoms with Gasteiger partial charge in [0.25, 0.3) is 5.91 Å². The molecule has 0 atom stereocenters. The topological polar surface area (TPSA) is 82.5 Å². The highest BCUT2D eigenvalue weighted by atomic mass is 79.9. The highest BCUT2D eigenvalue weighted by molar-refractivity contribution is 9.10. The van der Waals surface area contributed by atoms with E-state index in [1.54, 1.807) is 24.3 Å². The molecule has 1 aromatic carbocycles. The number of carboxylic acid groups (broad SMARTS) is 1. The molecule has 0 saturated heterocycles. The monoisotopic (exact) mass is 405 g/mol. The predicted octanol–water partition coefficient (Wildman–Crippen LogP) is 4.03. The van der Waals surface area contributed by atoms with Gasteiger partial charge in [0.15, 0.2) is 0 Å². The van der Waals surface area contributed by atoms with Gasteiger partial charge < -0.3 is 15.3 Å². The van der Waals surface area contributed by atoms with Gasteiger partial charge in [-0.2, -0.15) is 0 Å². The molecule has 0 unspecified atom stereocenters. The zero-order chi connectivity index (χ0) is 18.4. The average Bonchev–Trinajstić information content (AvgIpc) is 2.60. The number of rotatable bonds is 7. The fourth-order valence-electron chi connectivity index (χ4n) is 2.29. The van der Waals surface area contributed by atoms with Gasteiger partial charge in [-0.1, -0.05) is 29.3 Å². The zero-order valence-corrected chi connectivity index (χ0v) is 15.7. The number of carbonyl (C=O) groups excluding carboxylic acids is 1. The van der Waals surface area contributed by atoms with Crippen LogP contribution in [0.15, 0.2) is 41.0 Å². The molecular weight excluding hydrogens is 386 g/mol. The largest absolute Gasteiger partial charge is 0.478 e. The van der Waals surface area contributed by atoms with Crippen molar-refractivity contribution in [3.8, 4) is 0 Å². The highest BCUT2D eigenvalue weighted by Gasteiger charge is 2.17. The number of aromatic carboxylic acids is 1. The lowest BCUT2D eigenvalue weighted by Gasteiger charge is -2.20. The second-order valence-electron chi connectivity index (χ2n) is 5.64. The van der Waals surface area contributed by atoms with Crippen molar-refractivity contribution >= 4 is 39.3 Å². The van der Waals surface area contributed by atoms with Crippen LogP contribution in [0.3, 0.4) is 0 Å². The summed E-state index contributed by atoms with van der Waals surface area (Å²) in [6, 6.07) is 8.32. The first-order valence-corrected chi connectivity index (χ1v) is 8.73. The van der Waals surface area contributed by atoms with Gasteiger partial charge in [-0.05, 0) is 36.8 Å². The number of nitrogens with zero attached hydrogens (tertiary/aromatic N) is 2. The second kappa shape index (κ2) is 8.62. The van der Waals surface area contributed by atoms with Crippen LogP contribution in [0.2, 0.25) is 0 Å². The summed E-state index contributed by atoms with van der Waals surface area (Å²) in [5, 5.41) is 12.1. The number of carbonyl (C=O) groups is 2.